The number of nitrogens with one attached hydrogen (secondary N) is 1. The second-order valence-electron chi connectivity index (χ2n) is 3.55. The fourth-order valence-corrected chi connectivity index (χ4v) is 1.78. The van der Waals surface area contributed by atoms with Gasteiger partial charge in [-0.1, -0.05) is 0 Å². The number of ether oxygens (including phenoxy) is 1. The lowest BCUT2D eigenvalue weighted by Gasteiger charge is -2.22. The molecule has 1 aliphatic heterocycles. The molecule has 1 heterocycles. The number of rotatable bonds is 3. The maximum Gasteiger partial charge on any atom is 0.0620 e. The van der Waals surface area contributed by atoms with Crippen molar-refractivity contribution < 1.29 is 8.95 Å². The van der Waals surface area contributed by atoms with Crippen LogP contribution in [0.5, 0.6) is 0 Å². The van der Waals surface area contributed by atoms with Crippen LogP contribution in [0, 0.1) is 0 Å². The normalized spacial score (nSPS) is 24.3. The van der Waals surface area contributed by atoms with Gasteiger partial charge in [-0.25, -0.2) is 4.36 Å². The molecule has 0 saturated carbocycles. The van der Waals surface area contributed by atoms with Crippen molar-refractivity contribution in [3.63, 3.8) is 0 Å². The molecule has 13 heavy (non-hydrogen) atoms. The number of nitrogens with zero attached hydrogens (tertiary/aromatic N) is 1. The third-order valence-electron chi connectivity index (χ3n) is 1.88. The fourth-order valence-electron chi connectivity index (χ4n) is 1.23. The van der Waals surface area contributed by atoms with Gasteiger partial charge in [0.15, 0.2) is 0 Å². The Balaban J connectivity index is 2.22. The molecule has 1 atom stereocenters. The first-order valence-corrected chi connectivity index (χ1v) is 6.85. The Labute approximate surface area is 80.2 Å². The summed E-state index contributed by atoms with van der Waals surface area (Å²) in [4.78, 5) is 0. The average molecular weight is 206 g/mol. The summed E-state index contributed by atoms with van der Waals surface area (Å²) in [6.07, 6.45) is 4.24. The quantitative estimate of drug-likeness (QED) is 0.712. The van der Waals surface area contributed by atoms with E-state index in [2.05, 4.69) is 9.68 Å². The smallest absolute Gasteiger partial charge is 0.0620 e. The molecular weight excluding hydrogens is 188 g/mol. The molecule has 1 aliphatic rings. The van der Waals surface area contributed by atoms with Gasteiger partial charge in [0.25, 0.3) is 0 Å². The molecule has 1 rings (SSSR count). The van der Waals surface area contributed by atoms with Crippen LogP contribution in [0.1, 0.15) is 6.42 Å². The molecule has 0 aromatic heterocycles. The van der Waals surface area contributed by atoms with Gasteiger partial charge in [0, 0.05) is 41.4 Å². The number of hydrogen-bond donors (Lipinski definition) is 1. The van der Waals surface area contributed by atoms with Crippen molar-refractivity contribution >= 4 is 9.73 Å². The van der Waals surface area contributed by atoms with Crippen molar-refractivity contribution in [1.82, 2.24) is 5.32 Å². The lowest BCUT2D eigenvalue weighted by atomic mass is 10.2. The summed E-state index contributed by atoms with van der Waals surface area (Å²) in [5, 5.41) is 3.33. The van der Waals surface area contributed by atoms with Gasteiger partial charge in [0.2, 0.25) is 0 Å². The largest absolute Gasteiger partial charge is 0.379 e. The second kappa shape index (κ2) is 4.93. The molecule has 78 valence electrons. The van der Waals surface area contributed by atoms with E-state index in [1.54, 1.807) is 12.5 Å². The molecule has 1 unspecified atom stereocenters. The average Bonchev–Trinajstić information content (AvgIpc) is 2.04. The van der Waals surface area contributed by atoms with Gasteiger partial charge in [-0.15, -0.1) is 0 Å². The maximum atomic E-state index is 11.2. The summed E-state index contributed by atoms with van der Waals surface area (Å²) in [6.45, 7) is 3.13. The van der Waals surface area contributed by atoms with Crippen LogP contribution in [0.4, 0.5) is 0 Å². The van der Waals surface area contributed by atoms with Crippen LogP contribution in [0.2, 0.25) is 0 Å². The summed E-state index contributed by atoms with van der Waals surface area (Å²) >= 11 is 0. The zero-order valence-corrected chi connectivity index (χ0v) is 9.10. The van der Waals surface area contributed by atoms with Crippen molar-refractivity contribution in [2.75, 3.05) is 38.8 Å². The minimum absolute atomic E-state index is 0.388. The van der Waals surface area contributed by atoms with Crippen molar-refractivity contribution in [2.45, 2.75) is 12.5 Å². The summed E-state index contributed by atoms with van der Waals surface area (Å²) in [5.74, 6) is 0. The van der Waals surface area contributed by atoms with Crippen molar-refractivity contribution in [3.8, 4) is 0 Å². The Morgan fingerprint density at radius 1 is 1.62 bits per heavy atom. The van der Waals surface area contributed by atoms with E-state index in [1.807, 2.05) is 0 Å². The summed E-state index contributed by atoms with van der Waals surface area (Å²) < 4.78 is 20.6. The number of hydrogen-bond acceptors (Lipinski definition) is 4. The highest BCUT2D eigenvalue weighted by Gasteiger charge is 2.11. The summed E-state index contributed by atoms with van der Waals surface area (Å²) in [7, 11) is -1.92. The molecular formula is C8H18N2O2S. The Hall–Kier alpha value is -0.130. The molecule has 0 amide bonds. The highest BCUT2D eigenvalue weighted by molar-refractivity contribution is 7.92. The monoisotopic (exact) mass is 206 g/mol. The van der Waals surface area contributed by atoms with Crippen LogP contribution in [0.25, 0.3) is 0 Å². The van der Waals surface area contributed by atoms with Crippen molar-refractivity contribution in [2.24, 2.45) is 4.36 Å². The highest BCUT2D eigenvalue weighted by atomic mass is 32.2. The SMILES string of the molecule is CS(C)(=O)=NCCC1COCCN1. The molecule has 4 nitrogen and oxygen atoms in total. The lowest BCUT2D eigenvalue weighted by Crippen LogP contribution is -2.41. The van der Waals surface area contributed by atoms with Gasteiger partial charge in [0.05, 0.1) is 13.2 Å². The molecule has 0 aromatic carbocycles. The van der Waals surface area contributed by atoms with Crippen LogP contribution >= 0.6 is 0 Å². The lowest BCUT2D eigenvalue weighted by molar-refractivity contribution is 0.0751. The molecule has 5 heteroatoms. The van der Waals surface area contributed by atoms with Crippen LogP contribution in [0.3, 0.4) is 0 Å². The molecule has 1 N–H and O–H groups in total. The first-order valence-electron chi connectivity index (χ1n) is 4.52. The summed E-state index contributed by atoms with van der Waals surface area (Å²) in [6, 6.07) is 0.388. The topological polar surface area (TPSA) is 50.7 Å². The first kappa shape index (κ1) is 10.9. The predicted octanol–water partition coefficient (Wildman–Crippen LogP) is 0.0925. The van der Waals surface area contributed by atoms with E-state index in [-0.39, 0.29) is 0 Å². The Morgan fingerprint density at radius 2 is 2.38 bits per heavy atom. The zero-order chi connectivity index (χ0) is 9.73. The van der Waals surface area contributed by atoms with Gasteiger partial charge >= 0.3 is 0 Å². The van der Waals surface area contributed by atoms with Gasteiger partial charge in [0.1, 0.15) is 0 Å². The van der Waals surface area contributed by atoms with Crippen LogP contribution in [0.15, 0.2) is 4.36 Å². The van der Waals surface area contributed by atoms with E-state index in [0.29, 0.717) is 12.6 Å². The van der Waals surface area contributed by atoms with E-state index in [0.717, 1.165) is 26.2 Å². The molecule has 0 aromatic rings. The zero-order valence-electron chi connectivity index (χ0n) is 8.28. The van der Waals surface area contributed by atoms with Gasteiger partial charge in [-0.05, 0) is 6.42 Å². The molecule has 1 fully saturated rings. The minimum Gasteiger partial charge on any atom is -0.379 e. The standard InChI is InChI=1S/C8H18N2O2S/c1-13(2,11)10-4-3-8-7-12-6-5-9-8/h8-9H,3-7H2,1-2H3. The van der Waals surface area contributed by atoms with Crippen molar-refractivity contribution in [3.05, 3.63) is 0 Å². The van der Waals surface area contributed by atoms with E-state index >= 15 is 0 Å². The summed E-state index contributed by atoms with van der Waals surface area (Å²) in [5.41, 5.74) is 0. The van der Waals surface area contributed by atoms with E-state index < -0.39 is 9.73 Å². The first-order chi connectivity index (χ1) is 6.08. The van der Waals surface area contributed by atoms with E-state index in [9.17, 15) is 4.21 Å². The maximum absolute atomic E-state index is 11.2. The Bertz CT molecular complexity index is 245. The Morgan fingerprint density at radius 3 is 2.92 bits per heavy atom. The molecule has 0 aliphatic carbocycles. The second-order valence-corrected chi connectivity index (χ2v) is 6.17. The third kappa shape index (κ3) is 5.23. The Kier molecular flexibility index (Phi) is 4.15. The number of morpholine rings is 1. The van der Waals surface area contributed by atoms with E-state index in [4.69, 9.17) is 4.74 Å². The van der Waals surface area contributed by atoms with Crippen molar-refractivity contribution in [1.29, 1.82) is 0 Å². The van der Waals surface area contributed by atoms with Gasteiger partial charge in [-0.3, -0.25) is 4.21 Å². The predicted molar refractivity (Wildman–Crippen MR) is 54.5 cm³/mol. The molecule has 0 radical (unpaired) electrons. The van der Waals surface area contributed by atoms with Crippen LogP contribution < -0.4 is 5.32 Å². The van der Waals surface area contributed by atoms with Crippen LogP contribution in [-0.4, -0.2) is 49.1 Å². The molecule has 1 saturated heterocycles. The molecule has 0 bridgehead atoms. The third-order valence-corrected chi connectivity index (χ3v) is 2.68. The van der Waals surface area contributed by atoms with Crippen LogP contribution in [-0.2, 0) is 14.5 Å². The fraction of sp³-hybridized carbons (Fsp3) is 1.00. The molecule has 0 spiro atoms. The van der Waals surface area contributed by atoms with E-state index in [1.165, 1.54) is 0 Å². The highest BCUT2D eigenvalue weighted by Crippen LogP contribution is 1.99. The van der Waals surface area contributed by atoms with Gasteiger partial charge < -0.3 is 10.1 Å². The van der Waals surface area contributed by atoms with Gasteiger partial charge in [-0.2, -0.15) is 0 Å². The minimum atomic E-state index is -1.92.